The highest BCUT2D eigenvalue weighted by atomic mass is 32.1. The minimum absolute atomic E-state index is 0.00938. The van der Waals surface area contributed by atoms with E-state index in [4.69, 9.17) is 4.74 Å². The van der Waals surface area contributed by atoms with Gasteiger partial charge >= 0.3 is 0 Å². The molecule has 2 aromatic heterocycles. The summed E-state index contributed by atoms with van der Waals surface area (Å²) in [6.45, 7) is 2.70. The van der Waals surface area contributed by atoms with E-state index in [1.165, 1.54) is 22.2 Å². The Morgan fingerprint density at radius 3 is 2.96 bits per heavy atom. The molecule has 4 rings (SSSR count). The number of aryl methyl sites for hydroxylation is 2. The summed E-state index contributed by atoms with van der Waals surface area (Å²) < 4.78 is 6.69. The summed E-state index contributed by atoms with van der Waals surface area (Å²) in [6, 6.07) is 7.65. The van der Waals surface area contributed by atoms with Crippen LogP contribution in [0.1, 0.15) is 23.8 Å². The number of ether oxygens (including phenoxy) is 1. The summed E-state index contributed by atoms with van der Waals surface area (Å²) in [6.07, 6.45) is 4.16. The molecule has 0 aliphatic carbocycles. The first-order chi connectivity index (χ1) is 13.1. The van der Waals surface area contributed by atoms with Gasteiger partial charge in [0.15, 0.2) is 0 Å². The molecule has 0 saturated heterocycles. The highest BCUT2D eigenvalue weighted by molar-refractivity contribution is 7.18. The second-order valence-corrected chi connectivity index (χ2v) is 7.72. The summed E-state index contributed by atoms with van der Waals surface area (Å²) in [5, 5.41) is 0.593. The van der Waals surface area contributed by atoms with Gasteiger partial charge in [-0.1, -0.05) is 6.92 Å². The molecule has 140 valence electrons. The third-order valence-corrected chi connectivity index (χ3v) is 6.12. The van der Waals surface area contributed by atoms with Crippen LogP contribution < -0.4 is 15.2 Å². The number of aromatic nitrogens is 2. The molecule has 1 amide bonds. The van der Waals surface area contributed by atoms with Crippen molar-refractivity contribution in [2.24, 2.45) is 0 Å². The van der Waals surface area contributed by atoms with Crippen LogP contribution >= 0.6 is 11.3 Å². The minimum Gasteiger partial charge on any atom is -0.497 e. The van der Waals surface area contributed by atoms with Crippen molar-refractivity contribution >= 4 is 33.1 Å². The Labute approximate surface area is 161 Å². The lowest BCUT2D eigenvalue weighted by atomic mass is 10.0. The molecule has 1 aliphatic rings. The topological polar surface area (TPSA) is 64.4 Å². The Morgan fingerprint density at radius 1 is 1.33 bits per heavy atom. The number of anilines is 1. The number of thiophene rings is 1. The molecule has 0 spiro atoms. The number of rotatable bonds is 4. The fourth-order valence-corrected chi connectivity index (χ4v) is 4.41. The summed E-state index contributed by atoms with van der Waals surface area (Å²) in [4.78, 5) is 33.7. The van der Waals surface area contributed by atoms with Crippen molar-refractivity contribution in [3.63, 3.8) is 0 Å². The Balaban J connectivity index is 1.63. The molecule has 0 saturated carbocycles. The average Bonchev–Trinajstić information content (AvgIpc) is 3.13. The third-order valence-electron chi connectivity index (χ3n) is 4.93. The van der Waals surface area contributed by atoms with E-state index in [-0.39, 0.29) is 18.0 Å². The van der Waals surface area contributed by atoms with E-state index in [2.05, 4.69) is 11.9 Å². The van der Waals surface area contributed by atoms with Crippen LogP contribution in [-0.4, -0.2) is 29.1 Å². The van der Waals surface area contributed by atoms with Crippen molar-refractivity contribution in [1.82, 2.24) is 9.55 Å². The Hall–Kier alpha value is -2.67. The van der Waals surface area contributed by atoms with E-state index in [0.29, 0.717) is 11.9 Å². The van der Waals surface area contributed by atoms with E-state index < -0.39 is 0 Å². The molecule has 0 bridgehead atoms. The molecule has 0 radical (unpaired) electrons. The second-order valence-electron chi connectivity index (χ2n) is 6.61. The summed E-state index contributed by atoms with van der Waals surface area (Å²) in [5.74, 6) is 0.688. The largest absolute Gasteiger partial charge is 0.497 e. The number of hydrogen-bond acceptors (Lipinski definition) is 5. The minimum atomic E-state index is -0.156. The predicted octanol–water partition coefficient (Wildman–Crippen LogP) is 3.01. The molecule has 3 heterocycles. The first kappa shape index (κ1) is 17.7. The standard InChI is InChI=1S/C20H21N3O3S/c1-3-15-10-16-19(27-15)21-12-22(20(16)25)11-18(24)23-8-4-5-13-9-14(26-2)6-7-17(13)23/h6-7,9-10,12H,3-5,8,11H2,1-2H3. The van der Waals surface area contributed by atoms with Gasteiger partial charge in [0.25, 0.3) is 5.56 Å². The normalized spacial score (nSPS) is 13.6. The zero-order valence-electron chi connectivity index (χ0n) is 15.4. The average molecular weight is 383 g/mol. The second kappa shape index (κ2) is 7.15. The van der Waals surface area contributed by atoms with Crippen LogP contribution in [0.5, 0.6) is 5.75 Å². The number of nitrogens with zero attached hydrogens (tertiary/aromatic N) is 3. The molecule has 27 heavy (non-hydrogen) atoms. The Morgan fingerprint density at radius 2 is 2.19 bits per heavy atom. The van der Waals surface area contributed by atoms with Crippen molar-refractivity contribution in [3.8, 4) is 5.75 Å². The zero-order valence-corrected chi connectivity index (χ0v) is 16.2. The van der Waals surface area contributed by atoms with Gasteiger partial charge in [0.1, 0.15) is 17.1 Å². The summed E-state index contributed by atoms with van der Waals surface area (Å²) >= 11 is 1.53. The maximum absolute atomic E-state index is 12.9. The molecule has 6 nitrogen and oxygen atoms in total. The van der Waals surface area contributed by atoms with Crippen LogP contribution in [0.4, 0.5) is 5.69 Å². The summed E-state index contributed by atoms with van der Waals surface area (Å²) in [7, 11) is 1.64. The van der Waals surface area contributed by atoms with Gasteiger partial charge in [0.05, 0.1) is 18.8 Å². The quantitative estimate of drug-likeness (QED) is 0.695. The highest BCUT2D eigenvalue weighted by Crippen LogP contribution is 2.30. The molecule has 0 unspecified atom stereocenters. The number of amides is 1. The van der Waals surface area contributed by atoms with E-state index in [0.717, 1.165) is 46.0 Å². The van der Waals surface area contributed by atoms with Gasteiger partial charge in [-0.25, -0.2) is 4.98 Å². The van der Waals surface area contributed by atoms with Crippen molar-refractivity contribution < 1.29 is 9.53 Å². The van der Waals surface area contributed by atoms with Crippen molar-refractivity contribution in [1.29, 1.82) is 0 Å². The van der Waals surface area contributed by atoms with Crippen molar-refractivity contribution in [2.45, 2.75) is 32.7 Å². The monoisotopic (exact) mass is 383 g/mol. The van der Waals surface area contributed by atoms with Crippen LogP contribution in [0.2, 0.25) is 0 Å². The van der Waals surface area contributed by atoms with Gasteiger partial charge < -0.3 is 9.64 Å². The molecule has 3 aromatic rings. The van der Waals surface area contributed by atoms with Crippen LogP contribution in [0.3, 0.4) is 0 Å². The lowest BCUT2D eigenvalue weighted by molar-refractivity contribution is -0.119. The lowest BCUT2D eigenvalue weighted by Gasteiger charge is -2.30. The molecular weight excluding hydrogens is 362 g/mol. The molecule has 0 fully saturated rings. The molecular formula is C20H21N3O3S. The van der Waals surface area contributed by atoms with Crippen LogP contribution in [0.15, 0.2) is 35.4 Å². The lowest BCUT2D eigenvalue weighted by Crippen LogP contribution is -2.39. The SMILES string of the molecule is CCc1cc2c(=O)n(CC(=O)N3CCCc4cc(OC)ccc43)cnc2s1. The van der Waals surface area contributed by atoms with Gasteiger partial charge in [-0.05, 0) is 49.1 Å². The third kappa shape index (κ3) is 3.23. The van der Waals surface area contributed by atoms with Crippen LogP contribution in [0.25, 0.3) is 10.2 Å². The molecule has 1 aromatic carbocycles. The fraction of sp³-hybridized carbons (Fsp3) is 0.350. The van der Waals surface area contributed by atoms with Crippen LogP contribution in [0, 0.1) is 0 Å². The first-order valence-corrected chi connectivity index (χ1v) is 9.87. The van der Waals surface area contributed by atoms with Crippen molar-refractivity contribution in [2.75, 3.05) is 18.6 Å². The van der Waals surface area contributed by atoms with Gasteiger partial charge in [-0.15, -0.1) is 11.3 Å². The number of benzene rings is 1. The summed E-state index contributed by atoms with van der Waals surface area (Å²) in [5.41, 5.74) is 1.84. The fourth-order valence-electron chi connectivity index (χ4n) is 3.49. The Bertz CT molecular complexity index is 1070. The van der Waals surface area contributed by atoms with Gasteiger partial charge in [-0.3, -0.25) is 14.2 Å². The predicted molar refractivity (Wildman–Crippen MR) is 107 cm³/mol. The van der Waals surface area contributed by atoms with Crippen LogP contribution in [-0.2, 0) is 24.2 Å². The first-order valence-electron chi connectivity index (χ1n) is 9.06. The van der Waals surface area contributed by atoms with Gasteiger partial charge in [0, 0.05) is 17.1 Å². The number of carbonyl (C=O) groups excluding carboxylic acids is 1. The van der Waals surface area contributed by atoms with Gasteiger partial charge in [0.2, 0.25) is 5.91 Å². The highest BCUT2D eigenvalue weighted by Gasteiger charge is 2.23. The van der Waals surface area contributed by atoms with Crippen molar-refractivity contribution in [3.05, 3.63) is 51.4 Å². The molecule has 0 N–H and O–H groups in total. The number of hydrogen-bond donors (Lipinski definition) is 0. The van der Waals surface area contributed by atoms with E-state index >= 15 is 0 Å². The smallest absolute Gasteiger partial charge is 0.262 e. The van der Waals surface area contributed by atoms with E-state index in [1.54, 1.807) is 12.0 Å². The van der Waals surface area contributed by atoms with Gasteiger partial charge in [-0.2, -0.15) is 0 Å². The Kier molecular flexibility index (Phi) is 4.70. The molecule has 1 aliphatic heterocycles. The number of methoxy groups -OCH3 is 1. The maximum Gasteiger partial charge on any atom is 0.262 e. The zero-order chi connectivity index (χ0) is 19.0. The van der Waals surface area contributed by atoms with E-state index in [1.807, 2.05) is 24.3 Å². The number of fused-ring (bicyclic) bond motifs is 2. The van der Waals surface area contributed by atoms with E-state index in [9.17, 15) is 9.59 Å². The number of carbonyl (C=O) groups is 1. The molecule has 7 heteroatoms. The maximum atomic E-state index is 12.9. The molecule has 0 atom stereocenters.